The van der Waals surface area contributed by atoms with Crippen molar-refractivity contribution in [1.82, 2.24) is 0 Å². The van der Waals surface area contributed by atoms with Gasteiger partial charge in [0.05, 0.1) is 10.6 Å². The van der Waals surface area contributed by atoms with Crippen LogP contribution in [0.15, 0.2) is 53.4 Å². The van der Waals surface area contributed by atoms with E-state index in [2.05, 4.69) is 0 Å². The smallest absolute Gasteiger partial charge is 0.344 e. The molecule has 0 aliphatic carbocycles. The normalized spacial score (nSPS) is 16.1. The predicted molar refractivity (Wildman–Crippen MR) is 121 cm³/mol. The van der Waals surface area contributed by atoms with Crippen molar-refractivity contribution >= 4 is 57.7 Å². The van der Waals surface area contributed by atoms with E-state index in [1.165, 1.54) is 11.8 Å². The highest BCUT2D eigenvalue weighted by atomic mass is 32.2. The largest absolute Gasteiger partial charge is 0.479 e. The minimum atomic E-state index is -1.03. The summed E-state index contributed by atoms with van der Waals surface area (Å²) in [4.78, 5) is 37.6. The average Bonchev–Trinajstić information content (AvgIpc) is 2.99. The summed E-state index contributed by atoms with van der Waals surface area (Å²) < 4.78 is 5.89. The molecule has 1 aliphatic rings. The van der Waals surface area contributed by atoms with Crippen LogP contribution in [0.25, 0.3) is 6.08 Å². The molecular weight excluding hydrogens is 422 g/mol. The molecule has 1 amide bonds. The topological polar surface area (TPSA) is 83.9 Å². The number of aliphatic carboxylic acids is 1. The Hall–Kier alpha value is -2.97. The van der Waals surface area contributed by atoms with Gasteiger partial charge in [0.2, 0.25) is 0 Å². The van der Waals surface area contributed by atoms with Crippen molar-refractivity contribution < 1.29 is 24.2 Å². The molecule has 1 aliphatic heterocycles. The molecule has 1 heterocycles. The standard InChI is InChI=1S/C22H19NO5S2/c1-3-18(21(26)27)28-17-9-4-6-14(10-17)11-19-20(25)23(22(29)30-19)16-8-5-7-15(12-16)13(2)24/h4-12,18H,3H2,1-2H3,(H,26,27)/b19-11+. The van der Waals surface area contributed by atoms with E-state index in [-0.39, 0.29) is 11.7 Å². The first-order chi connectivity index (χ1) is 14.3. The van der Waals surface area contributed by atoms with Gasteiger partial charge in [0.1, 0.15) is 5.75 Å². The third-order valence-corrected chi connectivity index (χ3v) is 5.69. The van der Waals surface area contributed by atoms with Crippen molar-refractivity contribution in [2.75, 3.05) is 4.90 Å². The van der Waals surface area contributed by atoms with Gasteiger partial charge in [-0.05, 0) is 49.2 Å². The van der Waals surface area contributed by atoms with Gasteiger partial charge in [0.25, 0.3) is 5.91 Å². The number of rotatable bonds is 7. The number of amides is 1. The lowest BCUT2D eigenvalue weighted by atomic mass is 10.1. The molecule has 1 unspecified atom stereocenters. The van der Waals surface area contributed by atoms with Gasteiger partial charge in [-0.15, -0.1) is 0 Å². The zero-order valence-corrected chi connectivity index (χ0v) is 18.0. The molecule has 2 aromatic rings. The van der Waals surface area contributed by atoms with Gasteiger partial charge >= 0.3 is 5.97 Å². The minimum Gasteiger partial charge on any atom is -0.479 e. The second-order valence-corrected chi connectivity index (χ2v) is 8.22. The summed E-state index contributed by atoms with van der Waals surface area (Å²) in [5.74, 6) is -1.01. The van der Waals surface area contributed by atoms with Crippen molar-refractivity contribution in [2.24, 2.45) is 0 Å². The molecule has 1 N–H and O–H groups in total. The van der Waals surface area contributed by atoms with Gasteiger partial charge in [-0.3, -0.25) is 14.5 Å². The lowest BCUT2D eigenvalue weighted by Crippen LogP contribution is -2.27. The van der Waals surface area contributed by atoms with Crippen LogP contribution < -0.4 is 9.64 Å². The number of carbonyl (C=O) groups excluding carboxylic acids is 2. The highest BCUT2D eigenvalue weighted by molar-refractivity contribution is 8.27. The lowest BCUT2D eigenvalue weighted by molar-refractivity contribution is -0.145. The maximum atomic E-state index is 13.0. The summed E-state index contributed by atoms with van der Waals surface area (Å²) in [6, 6.07) is 13.6. The first-order valence-corrected chi connectivity index (χ1v) is 10.4. The number of thioether (sulfide) groups is 1. The molecule has 6 nitrogen and oxygen atoms in total. The maximum absolute atomic E-state index is 13.0. The van der Waals surface area contributed by atoms with Crippen molar-refractivity contribution in [2.45, 2.75) is 26.4 Å². The quantitative estimate of drug-likeness (QED) is 0.384. The highest BCUT2D eigenvalue weighted by Crippen LogP contribution is 2.36. The third kappa shape index (κ3) is 4.77. The van der Waals surface area contributed by atoms with Gasteiger partial charge < -0.3 is 9.84 Å². The molecule has 30 heavy (non-hydrogen) atoms. The molecule has 1 fully saturated rings. The number of carboxylic acids is 1. The Morgan fingerprint density at radius 2 is 1.97 bits per heavy atom. The molecule has 154 valence electrons. The summed E-state index contributed by atoms with van der Waals surface area (Å²) in [6.45, 7) is 3.20. The zero-order valence-electron chi connectivity index (χ0n) is 16.3. The summed E-state index contributed by atoms with van der Waals surface area (Å²) in [7, 11) is 0. The van der Waals surface area contributed by atoms with E-state index in [0.717, 1.165) is 11.8 Å². The number of carboxylic acid groups (broad SMARTS) is 1. The highest BCUT2D eigenvalue weighted by Gasteiger charge is 2.33. The molecule has 0 radical (unpaired) electrons. The van der Waals surface area contributed by atoms with E-state index < -0.39 is 12.1 Å². The van der Waals surface area contributed by atoms with E-state index >= 15 is 0 Å². The Morgan fingerprint density at radius 1 is 1.23 bits per heavy atom. The van der Waals surface area contributed by atoms with Crippen molar-refractivity contribution in [1.29, 1.82) is 0 Å². The summed E-state index contributed by atoms with van der Waals surface area (Å²) in [5.41, 5.74) is 1.72. The van der Waals surface area contributed by atoms with Crippen LogP contribution in [0.4, 0.5) is 5.69 Å². The monoisotopic (exact) mass is 441 g/mol. The number of carbonyl (C=O) groups is 3. The third-order valence-electron chi connectivity index (χ3n) is 4.39. The summed E-state index contributed by atoms with van der Waals surface area (Å²) >= 11 is 6.55. The Bertz CT molecular complexity index is 1060. The first-order valence-electron chi connectivity index (χ1n) is 9.18. The number of thiocarbonyl (C=S) groups is 1. The van der Waals surface area contributed by atoms with Crippen LogP contribution in [0.3, 0.4) is 0 Å². The molecular formula is C22H19NO5S2. The number of nitrogens with zero attached hydrogens (tertiary/aromatic N) is 1. The second kappa shape index (κ2) is 9.23. The van der Waals surface area contributed by atoms with E-state index in [4.69, 9.17) is 22.1 Å². The fraction of sp³-hybridized carbons (Fsp3) is 0.182. The molecule has 0 saturated carbocycles. The van der Waals surface area contributed by atoms with Gasteiger partial charge in [-0.25, -0.2) is 4.79 Å². The summed E-state index contributed by atoms with van der Waals surface area (Å²) in [6.07, 6.45) is 1.08. The van der Waals surface area contributed by atoms with Crippen LogP contribution in [0, 0.1) is 0 Å². The van der Waals surface area contributed by atoms with E-state index in [1.807, 2.05) is 0 Å². The predicted octanol–water partition coefficient (Wildman–Crippen LogP) is 4.54. The van der Waals surface area contributed by atoms with Crippen LogP contribution in [0.2, 0.25) is 0 Å². The van der Waals surface area contributed by atoms with Crippen molar-refractivity contribution in [3.63, 3.8) is 0 Å². The molecule has 0 bridgehead atoms. The molecule has 1 atom stereocenters. The Labute approximate surface area is 183 Å². The molecule has 0 aromatic heterocycles. The second-order valence-electron chi connectivity index (χ2n) is 6.55. The van der Waals surface area contributed by atoms with Crippen molar-refractivity contribution in [3.05, 3.63) is 64.6 Å². The minimum absolute atomic E-state index is 0.0959. The first kappa shape index (κ1) is 21.7. The number of benzene rings is 2. The fourth-order valence-corrected chi connectivity index (χ4v) is 4.15. The maximum Gasteiger partial charge on any atom is 0.344 e. The van der Waals surface area contributed by atoms with Crippen LogP contribution in [0.1, 0.15) is 36.2 Å². The van der Waals surface area contributed by atoms with Crippen LogP contribution in [-0.4, -0.2) is 33.2 Å². The Balaban J connectivity index is 1.85. The van der Waals surface area contributed by atoms with E-state index in [1.54, 1.807) is 61.5 Å². The van der Waals surface area contributed by atoms with Crippen molar-refractivity contribution in [3.8, 4) is 5.75 Å². The Kier molecular flexibility index (Phi) is 6.69. The van der Waals surface area contributed by atoms with Gasteiger partial charge in [0.15, 0.2) is 16.2 Å². The van der Waals surface area contributed by atoms with E-state index in [0.29, 0.717) is 38.2 Å². The number of hydrogen-bond acceptors (Lipinski definition) is 6. The molecule has 8 heteroatoms. The van der Waals surface area contributed by atoms with E-state index in [9.17, 15) is 14.4 Å². The average molecular weight is 442 g/mol. The van der Waals surface area contributed by atoms with Gasteiger partial charge in [-0.1, -0.05) is 55.2 Å². The van der Waals surface area contributed by atoms with Gasteiger partial charge in [-0.2, -0.15) is 0 Å². The van der Waals surface area contributed by atoms with Crippen LogP contribution in [-0.2, 0) is 9.59 Å². The Morgan fingerprint density at radius 3 is 2.63 bits per heavy atom. The van der Waals surface area contributed by atoms with Crippen LogP contribution >= 0.6 is 24.0 Å². The van der Waals surface area contributed by atoms with Gasteiger partial charge in [0, 0.05) is 5.56 Å². The molecule has 3 rings (SSSR count). The fourth-order valence-electron chi connectivity index (χ4n) is 2.86. The zero-order chi connectivity index (χ0) is 21.8. The number of ketones is 1. The number of hydrogen-bond donors (Lipinski definition) is 1. The SMILES string of the molecule is CCC(Oc1cccc(/C=C2/SC(=S)N(c3cccc(C(C)=O)c3)C2=O)c1)C(=O)O. The molecule has 0 spiro atoms. The molecule has 1 saturated heterocycles. The van der Waals surface area contributed by atoms with Crippen LogP contribution in [0.5, 0.6) is 5.75 Å². The number of Topliss-reactive ketones (excluding diaryl/α,β-unsaturated/α-hetero) is 1. The molecule has 2 aromatic carbocycles. The number of anilines is 1. The lowest BCUT2D eigenvalue weighted by Gasteiger charge is -2.15. The number of ether oxygens (including phenoxy) is 1. The summed E-state index contributed by atoms with van der Waals surface area (Å²) in [5, 5.41) is 9.16.